The van der Waals surface area contributed by atoms with Crippen LogP contribution in [0, 0.1) is 0 Å². The molecule has 0 spiro atoms. The van der Waals surface area contributed by atoms with Gasteiger partial charge in [-0.1, -0.05) is 13.3 Å². The number of hydrogen-bond donors (Lipinski definition) is 1. The maximum atomic E-state index is 11.9. The molecule has 2 heterocycles. The molecule has 0 amide bonds. The fourth-order valence-electron chi connectivity index (χ4n) is 3.50. The van der Waals surface area contributed by atoms with E-state index in [9.17, 15) is 9.59 Å². The van der Waals surface area contributed by atoms with Crippen LogP contribution in [-0.2, 0) is 27.2 Å². The molecular weight excluding hydrogens is 372 g/mol. The maximum absolute atomic E-state index is 11.9. The summed E-state index contributed by atoms with van der Waals surface area (Å²) >= 11 is 0. The third-order valence-corrected chi connectivity index (χ3v) is 4.76. The number of nitrogen functional groups attached to an aromatic ring is 1. The Morgan fingerprint density at radius 3 is 2.69 bits per heavy atom. The highest BCUT2D eigenvalue weighted by molar-refractivity contribution is 6.08. The number of aryl methyl sites for hydroxylation is 1. The van der Waals surface area contributed by atoms with Crippen LogP contribution in [0.1, 0.15) is 49.8 Å². The molecule has 1 atom stereocenters. The Hall–Kier alpha value is -3.16. The number of nitrogens with two attached hydrogens (primary N) is 1. The predicted octanol–water partition coefficient (Wildman–Crippen LogP) is 3.25. The van der Waals surface area contributed by atoms with E-state index in [0.29, 0.717) is 29.0 Å². The number of carbonyl (C=O) groups is 2. The lowest BCUT2D eigenvalue weighted by molar-refractivity contribution is -0.146. The van der Waals surface area contributed by atoms with Gasteiger partial charge in [0, 0.05) is 18.7 Å². The number of hydrogen-bond acceptors (Lipinski definition) is 7. The zero-order valence-corrected chi connectivity index (χ0v) is 17.2. The van der Waals surface area contributed by atoms with Crippen molar-refractivity contribution in [3.05, 3.63) is 29.6 Å². The smallest absolute Gasteiger partial charge is 0.337 e. The van der Waals surface area contributed by atoms with Crippen molar-refractivity contribution < 1.29 is 19.1 Å². The van der Waals surface area contributed by atoms with E-state index in [-0.39, 0.29) is 12.1 Å². The van der Waals surface area contributed by atoms with Crippen LogP contribution in [-0.4, -0.2) is 39.7 Å². The number of nitrogens with zero attached hydrogens (tertiary/aromatic N) is 3. The second kappa shape index (κ2) is 8.46. The number of methoxy groups -OCH3 is 1. The van der Waals surface area contributed by atoms with Crippen molar-refractivity contribution in [1.29, 1.82) is 0 Å². The predicted molar refractivity (Wildman–Crippen MR) is 111 cm³/mol. The van der Waals surface area contributed by atoms with Crippen molar-refractivity contribution in [1.82, 2.24) is 14.5 Å². The number of anilines is 1. The number of rotatable bonds is 7. The molecule has 0 aliphatic carbocycles. The molecule has 0 bridgehead atoms. The van der Waals surface area contributed by atoms with E-state index < -0.39 is 5.97 Å². The largest absolute Gasteiger partial charge is 0.465 e. The Labute approximate surface area is 169 Å². The van der Waals surface area contributed by atoms with E-state index in [1.807, 2.05) is 13.0 Å². The molecule has 0 saturated heterocycles. The monoisotopic (exact) mass is 398 g/mol. The Bertz CT molecular complexity index is 1070. The summed E-state index contributed by atoms with van der Waals surface area (Å²) in [5, 5.41) is 0.826. The number of carbonyl (C=O) groups excluding carboxylic acids is 2. The van der Waals surface area contributed by atoms with Crippen LogP contribution in [0.2, 0.25) is 0 Å². The van der Waals surface area contributed by atoms with Crippen molar-refractivity contribution in [3.63, 3.8) is 0 Å². The molecular formula is C21H26N4O4. The second-order valence-electron chi connectivity index (χ2n) is 7.08. The highest BCUT2D eigenvalue weighted by atomic mass is 16.5. The maximum Gasteiger partial charge on any atom is 0.337 e. The van der Waals surface area contributed by atoms with Gasteiger partial charge < -0.3 is 19.8 Å². The average molecular weight is 398 g/mol. The van der Waals surface area contributed by atoms with E-state index in [1.165, 1.54) is 14.0 Å². The van der Waals surface area contributed by atoms with Crippen molar-refractivity contribution >= 4 is 39.7 Å². The van der Waals surface area contributed by atoms with Crippen LogP contribution in [0.3, 0.4) is 0 Å². The van der Waals surface area contributed by atoms with Gasteiger partial charge in [-0.2, -0.15) is 0 Å². The van der Waals surface area contributed by atoms with Crippen molar-refractivity contribution in [2.45, 2.75) is 52.7 Å². The summed E-state index contributed by atoms with van der Waals surface area (Å²) in [4.78, 5) is 32.5. The fraction of sp³-hybridized carbons (Fsp3) is 0.429. The standard InChI is InChI=1S/C21H26N4O4/c1-5-6-7-17-24-18-19(25(17)11-12(2)29-13(3)26)15-9-8-14(21(27)28-4)10-16(15)23-20(18)22/h8-10,12H,5-7,11H2,1-4H3,(H2,22,23). The highest BCUT2D eigenvalue weighted by Gasteiger charge is 2.20. The Balaban J connectivity index is 2.22. The number of ether oxygens (including phenoxy) is 2. The van der Waals surface area contributed by atoms with Gasteiger partial charge in [-0.25, -0.2) is 14.8 Å². The third kappa shape index (κ3) is 4.16. The Morgan fingerprint density at radius 2 is 2.03 bits per heavy atom. The number of esters is 2. The lowest BCUT2D eigenvalue weighted by Gasteiger charge is -2.16. The van der Waals surface area contributed by atoms with E-state index in [0.717, 1.165) is 36.0 Å². The van der Waals surface area contributed by atoms with E-state index in [1.54, 1.807) is 12.1 Å². The van der Waals surface area contributed by atoms with Crippen molar-refractivity contribution in [2.24, 2.45) is 0 Å². The summed E-state index contributed by atoms with van der Waals surface area (Å²) < 4.78 is 12.2. The SMILES string of the molecule is CCCCc1nc2c(N)nc3cc(C(=O)OC)ccc3c2n1CC(C)OC(C)=O. The third-order valence-electron chi connectivity index (χ3n) is 4.76. The van der Waals surface area contributed by atoms with Gasteiger partial charge in [-0.05, 0) is 31.5 Å². The van der Waals surface area contributed by atoms with Crippen LogP contribution in [0.25, 0.3) is 21.9 Å². The number of unbranched alkanes of at least 4 members (excludes halogenated alkanes) is 1. The second-order valence-corrected chi connectivity index (χ2v) is 7.08. The lowest BCUT2D eigenvalue weighted by atomic mass is 10.1. The molecule has 1 unspecified atom stereocenters. The molecule has 8 heteroatoms. The first-order valence-corrected chi connectivity index (χ1v) is 9.69. The summed E-state index contributed by atoms with van der Waals surface area (Å²) in [5.41, 5.74) is 8.64. The number of pyridine rings is 1. The molecule has 0 aliphatic rings. The first-order valence-electron chi connectivity index (χ1n) is 9.69. The molecule has 2 aromatic heterocycles. The van der Waals surface area contributed by atoms with Crippen LogP contribution < -0.4 is 5.73 Å². The van der Waals surface area contributed by atoms with E-state index >= 15 is 0 Å². The Kier molecular flexibility index (Phi) is 6.00. The van der Waals surface area contributed by atoms with Gasteiger partial charge in [0.2, 0.25) is 0 Å². The number of imidazole rings is 1. The number of benzene rings is 1. The minimum atomic E-state index is -0.437. The molecule has 8 nitrogen and oxygen atoms in total. The summed E-state index contributed by atoms with van der Waals surface area (Å²) in [7, 11) is 1.34. The van der Waals surface area contributed by atoms with Gasteiger partial charge in [0.1, 0.15) is 17.4 Å². The summed E-state index contributed by atoms with van der Waals surface area (Å²) in [6, 6.07) is 5.19. The molecule has 1 aromatic carbocycles. The van der Waals surface area contributed by atoms with Crippen LogP contribution >= 0.6 is 0 Å². The Morgan fingerprint density at radius 1 is 1.28 bits per heavy atom. The molecule has 154 valence electrons. The molecule has 2 N–H and O–H groups in total. The van der Waals surface area contributed by atoms with Crippen LogP contribution in [0.5, 0.6) is 0 Å². The zero-order chi connectivity index (χ0) is 21.1. The lowest BCUT2D eigenvalue weighted by Crippen LogP contribution is -2.20. The number of aromatic nitrogens is 3. The molecule has 0 aliphatic heterocycles. The summed E-state index contributed by atoms with van der Waals surface area (Å²) in [6.07, 6.45) is 2.45. The van der Waals surface area contributed by atoms with Gasteiger partial charge in [-0.3, -0.25) is 4.79 Å². The molecule has 0 radical (unpaired) electrons. The first kappa shape index (κ1) is 20.6. The van der Waals surface area contributed by atoms with Gasteiger partial charge in [0.15, 0.2) is 5.82 Å². The number of fused-ring (bicyclic) bond motifs is 3. The molecule has 0 fully saturated rings. The van der Waals surface area contributed by atoms with Crippen molar-refractivity contribution in [3.8, 4) is 0 Å². The molecule has 29 heavy (non-hydrogen) atoms. The fourth-order valence-corrected chi connectivity index (χ4v) is 3.50. The first-order chi connectivity index (χ1) is 13.8. The zero-order valence-electron chi connectivity index (χ0n) is 17.2. The van der Waals surface area contributed by atoms with E-state index in [4.69, 9.17) is 20.2 Å². The van der Waals surface area contributed by atoms with Crippen LogP contribution in [0.4, 0.5) is 5.82 Å². The summed E-state index contributed by atoms with van der Waals surface area (Å²) in [6.45, 7) is 5.81. The topological polar surface area (TPSA) is 109 Å². The highest BCUT2D eigenvalue weighted by Crippen LogP contribution is 2.30. The molecule has 3 rings (SSSR count). The molecule has 0 saturated carbocycles. The normalized spacial score (nSPS) is 12.3. The van der Waals surface area contributed by atoms with Crippen LogP contribution in [0.15, 0.2) is 18.2 Å². The van der Waals surface area contributed by atoms with Gasteiger partial charge in [0.05, 0.1) is 30.3 Å². The van der Waals surface area contributed by atoms with Gasteiger partial charge in [0.25, 0.3) is 0 Å². The quantitative estimate of drug-likeness (QED) is 0.608. The average Bonchev–Trinajstić information content (AvgIpc) is 3.03. The van der Waals surface area contributed by atoms with E-state index in [2.05, 4.69) is 16.5 Å². The minimum absolute atomic E-state index is 0.297. The molecule has 3 aromatic rings. The van der Waals surface area contributed by atoms with Gasteiger partial charge in [-0.15, -0.1) is 0 Å². The summed E-state index contributed by atoms with van der Waals surface area (Å²) in [5.74, 6) is 0.406. The minimum Gasteiger partial charge on any atom is -0.465 e. The van der Waals surface area contributed by atoms with Gasteiger partial charge >= 0.3 is 11.9 Å². The van der Waals surface area contributed by atoms with Crippen molar-refractivity contribution in [2.75, 3.05) is 12.8 Å².